The average molecular weight is 295 g/mol. The summed E-state index contributed by atoms with van der Waals surface area (Å²) >= 11 is 0. The van der Waals surface area contributed by atoms with E-state index in [2.05, 4.69) is 0 Å². The molecule has 0 bridgehead atoms. The lowest BCUT2D eigenvalue weighted by Crippen LogP contribution is -2.34. The molecule has 0 radical (unpaired) electrons. The van der Waals surface area contributed by atoms with Crippen LogP contribution >= 0.6 is 0 Å². The van der Waals surface area contributed by atoms with Crippen LogP contribution in [0, 0.1) is 17.0 Å². The van der Waals surface area contributed by atoms with E-state index in [9.17, 15) is 13.6 Å². The summed E-state index contributed by atoms with van der Waals surface area (Å²) in [7, 11) is 1.55. The molecule has 0 unspecified atom stereocenters. The highest BCUT2D eigenvalue weighted by Gasteiger charge is 2.20. The fourth-order valence-corrected chi connectivity index (χ4v) is 2.33. The molecule has 1 aliphatic heterocycles. The van der Waals surface area contributed by atoms with Crippen molar-refractivity contribution in [1.82, 2.24) is 4.90 Å². The number of piperidine rings is 1. The van der Waals surface area contributed by atoms with Crippen LogP contribution in [-0.4, -0.2) is 36.7 Å². The molecule has 1 N–H and O–H groups in total. The van der Waals surface area contributed by atoms with Gasteiger partial charge in [-0.15, -0.1) is 0 Å². The molecule has 1 aromatic carbocycles. The van der Waals surface area contributed by atoms with Crippen molar-refractivity contribution in [3.8, 4) is 0 Å². The first-order chi connectivity index (χ1) is 9.88. The minimum atomic E-state index is -0.514. The number of halogens is 2. The molecule has 1 amide bonds. The van der Waals surface area contributed by atoms with Crippen molar-refractivity contribution in [2.45, 2.75) is 26.3 Å². The monoisotopic (exact) mass is 295 g/mol. The number of hydrogen-bond donors (Lipinski definition) is 1. The van der Waals surface area contributed by atoms with Crippen molar-refractivity contribution in [3.63, 3.8) is 0 Å². The maximum atomic E-state index is 14.2. The molecule has 114 valence electrons. The van der Waals surface area contributed by atoms with Crippen LogP contribution in [0.5, 0.6) is 0 Å². The van der Waals surface area contributed by atoms with Gasteiger partial charge in [-0.1, -0.05) is 0 Å². The second-order valence-electron chi connectivity index (χ2n) is 5.36. The largest absolute Gasteiger partial charge is 0.368 e. The molecule has 1 heterocycles. The molecule has 1 aromatic rings. The highest BCUT2D eigenvalue weighted by Crippen LogP contribution is 2.26. The Kier molecular flexibility index (Phi) is 4.55. The Morgan fingerprint density at radius 2 is 1.90 bits per heavy atom. The van der Waals surface area contributed by atoms with Crippen molar-refractivity contribution >= 4 is 17.3 Å². The van der Waals surface area contributed by atoms with E-state index in [0.29, 0.717) is 31.6 Å². The number of anilines is 1. The summed E-state index contributed by atoms with van der Waals surface area (Å²) in [6.07, 6.45) is 1.16. The maximum Gasteiger partial charge on any atom is 0.219 e. The third-order valence-corrected chi connectivity index (χ3v) is 3.77. The van der Waals surface area contributed by atoms with Gasteiger partial charge in [-0.25, -0.2) is 8.78 Å². The van der Waals surface area contributed by atoms with E-state index < -0.39 is 11.6 Å². The molecule has 0 aromatic heterocycles. The third kappa shape index (κ3) is 3.56. The Morgan fingerprint density at radius 3 is 2.48 bits per heavy atom. The van der Waals surface area contributed by atoms with Crippen LogP contribution in [0.1, 0.15) is 25.3 Å². The van der Waals surface area contributed by atoms with Crippen LogP contribution in [0.15, 0.2) is 12.1 Å². The normalized spacial score (nSPS) is 15.2. The molecule has 1 aliphatic rings. The van der Waals surface area contributed by atoms with Crippen molar-refractivity contribution in [1.29, 1.82) is 5.41 Å². The van der Waals surface area contributed by atoms with Crippen LogP contribution < -0.4 is 4.90 Å². The fraction of sp³-hybridized carbons (Fsp3) is 0.467. The molecule has 21 heavy (non-hydrogen) atoms. The van der Waals surface area contributed by atoms with E-state index in [1.54, 1.807) is 11.9 Å². The molecule has 1 fully saturated rings. The van der Waals surface area contributed by atoms with Crippen molar-refractivity contribution in [2.75, 3.05) is 25.0 Å². The van der Waals surface area contributed by atoms with Crippen LogP contribution in [0.3, 0.4) is 0 Å². The van der Waals surface area contributed by atoms with E-state index in [1.165, 1.54) is 17.9 Å². The van der Waals surface area contributed by atoms with Gasteiger partial charge in [0.15, 0.2) is 0 Å². The van der Waals surface area contributed by atoms with Crippen molar-refractivity contribution in [3.05, 3.63) is 29.3 Å². The van der Waals surface area contributed by atoms with Crippen LogP contribution in [0.25, 0.3) is 0 Å². The van der Waals surface area contributed by atoms with Gasteiger partial charge < -0.3 is 15.2 Å². The van der Waals surface area contributed by atoms with E-state index in [-0.39, 0.29) is 23.7 Å². The smallest absolute Gasteiger partial charge is 0.219 e. The lowest BCUT2D eigenvalue weighted by Gasteiger charge is -2.30. The highest BCUT2D eigenvalue weighted by molar-refractivity contribution is 5.83. The standard InChI is InChI=1S/C15H19F2N3O/c1-10(21)19(2)9-11-7-14(17)15(8-13(11)16)20-5-3-12(18)4-6-20/h7-8,18H,3-6,9H2,1-2H3. The average Bonchev–Trinajstić information content (AvgIpc) is 2.43. The van der Waals surface area contributed by atoms with Gasteiger partial charge in [-0.2, -0.15) is 0 Å². The molecular weight excluding hydrogens is 276 g/mol. The lowest BCUT2D eigenvalue weighted by molar-refractivity contribution is -0.128. The lowest BCUT2D eigenvalue weighted by atomic mass is 10.1. The van der Waals surface area contributed by atoms with E-state index >= 15 is 0 Å². The Hall–Kier alpha value is -1.98. The summed E-state index contributed by atoms with van der Waals surface area (Å²) in [4.78, 5) is 14.3. The summed E-state index contributed by atoms with van der Waals surface area (Å²) in [6.45, 7) is 2.48. The first-order valence-electron chi connectivity index (χ1n) is 6.89. The molecule has 2 rings (SSSR count). The second kappa shape index (κ2) is 6.20. The molecule has 4 nitrogen and oxygen atoms in total. The Balaban J connectivity index is 2.20. The predicted molar refractivity (Wildman–Crippen MR) is 77.7 cm³/mol. The number of rotatable bonds is 3. The van der Waals surface area contributed by atoms with E-state index in [4.69, 9.17) is 5.41 Å². The minimum Gasteiger partial charge on any atom is -0.368 e. The highest BCUT2D eigenvalue weighted by atomic mass is 19.1. The van der Waals surface area contributed by atoms with E-state index in [1.807, 2.05) is 0 Å². The quantitative estimate of drug-likeness (QED) is 0.931. The zero-order valence-electron chi connectivity index (χ0n) is 12.2. The minimum absolute atomic E-state index is 0.0447. The Labute approximate surface area is 122 Å². The van der Waals surface area contributed by atoms with Gasteiger partial charge in [0, 0.05) is 63.8 Å². The first-order valence-corrected chi connectivity index (χ1v) is 6.89. The second-order valence-corrected chi connectivity index (χ2v) is 5.36. The van der Waals surface area contributed by atoms with Crippen molar-refractivity contribution < 1.29 is 13.6 Å². The number of hydrogen-bond acceptors (Lipinski definition) is 3. The molecule has 0 saturated carbocycles. The van der Waals surface area contributed by atoms with Crippen LogP contribution in [0.4, 0.5) is 14.5 Å². The van der Waals surface area contributed by atoms with Gasteiger partial charge in [-0.05, 0) is 6.07 Å². The van der Waals surface area contributed by atoms with Gasteiger partial charge in [-0.3, -0.25) is 4.79 Å². The summed E-state index contributed by atoms with van der Waals surface area (Å²) < 4.78 is 28.3. The van der Waals surface area contributed by atoms with Gasteiger partial charge >= 0.3 is 0 Å². The molecular formula is C15H19F2N3O. The van der Waals surface area contributed by atoms with Gasteiger partial charge in [0.25, 0.3) is 0 Å². The SMILES string of the molecule is CC(=O)N(C)Cc1cc(F)c(N2CCC(=N)CC2)cc1F. The number of benzene rings is 1. The van der Waals surface area contributed by atoms with E-state index in [0.717, 1.165) is 6.07 Å². The van der Waals surface area contributed by atoms with Gasteiger partial charge in [0.2, 0.25) is 5.91 Å². The predicted octanol–water partition coefficient (Wildman–Crippen LogP) is 2.56. The van der Waals surface area contributed by atoms with Crippen LogP contribution in [0.2, 0.25) is 0 Å². The number of nitrogens with zero attached hydrogens (tertiary/aromatic N) is 2. The number of carbonyl (C=O) groups excluding carboxylic acids is 1. The van der Waals surface area contributed by atoms with Gasteiger partial charge in [0.05, 0.1) is 5.69 Å². The summed E-state index contributed by atoms with van der Waals surface area (Å²) in [5.41, 5.74) is 1.04. The molecule has 0 aliphatic carbocycles. The number of nitrogens with one attached hydrogen (secondary N) is 1. The maximum absolute atomic E-state index is 14.2. The molecule has 0 spiro atoms. The molecule has 0 atom stereocenters. The summed E-state index contributed by atoms with van der Waals surface area (Å²) in [6, 6.07) is 2.34. The van der Waals surface area contributed by atoms with Crippen LogP contribution in [-0.2, 0) is 11.3 Å². The van der Waals surface area contributed by atoms with Crippen molar-refractivity contribution in [2.24, 2.45) is 0 Å². The Bertz CT molecular complexity index is 564. The summed E-state index contributed by atoms with van der Waals surface area (Å²) in [5, 5.41) is 7.56. The molecule has 6 heteroatoms. The third-order valence-electron chi connectivity index (χ3n) is 3.77. The zero-order valence-corrected chi connectivity index (χ0v) is 12.2. The fourth-order valence-electron chi connectivity index (χ4n) is 2.33. The number of carbonyl (C=O) groups is 1. The summed E-state index contributed by atoms with van der Waals surface area (Å²) in [5.74, 6) is -1.20. The Morgan fingerprint density at radius 1 is 1.29 bits per heavy atom. The van der Waals surface area contributed by atoms with Gasteiger partial charge in [0.1, 0.15) is 11.6 Å². The number of amides is 1. The topological polar surface area (TPSA) is 47.4 Å². The molecule has 1 saturated heterocycles. The zero-order chi connectivity index (χ0) is 15.6. The first kappa shape index (κ1) is 15.4.